The molecule has 2 atom stereocenters. The molecular formula is C16H25N3O. The molecule has 110 valence electrons. The molecule has 0 aromatic carbocycles. The first-order valence-electron chi connectivity index (χ1n) is 7.92. The molecule has 0 radical (unpaired) electrons. The van der Waals surface area contributed by atoms with Gasteiger partial charge in [0, 0.05) is 17.3 Å². The topological polar surface area (TPSA) is 50.1 Å². The van der Waals surface area contributed by atoms with E-state index in [4.69, 9.17) is 5.11 Å². The van der Waals surface area contributed by atoms with Crippen LogP contribution in [0.25, 0.3) is 0 Å². The third-order valence-corrected chi connectivity index (χ3v) is 4.61. The van der Waals surface area contributed by atoms with Gasteiger partial charge < -0.3 is 10.4 Å². The molecule has 2 aliphatic rings. The van der Waals surface area contributed by atoms with Crippen LogP contribution in [0.4, 0.5) is 0 Å². The molecule has 1 aromatic heterocycles. The molecule has 2 unspecified atom stereocenters. The molecule has 0 saturated carbocycles. The van der Waals surface area contributed by atoms with E-state index in [1.165, 1.54) is 43.4 Å². The highest BCUT2D eigenvalue weighted by atomic mass is 16.3. The summed E-state index contributed by atoms with van der Waals surface area (Å²) in [6.07, 6.45) is 13.9. The second-order valence-corrected chi connectivity index (χ2v) is 6.00. The molecule has 0 aliphatic heterocycles. The van der Waals surface area contributed by atoms with E-state index < -0.39 is 0 Å². The largest absolute Gasteiger partial charge is 0.394 e. The van der Waals surface area contributed by atoms with Crippen molar-refractivity contribution in [2.75, 3.05) is 13.2 Å². The van der Waals surface area contributed by atoms with Crippen molar-refractivity contribution < 1.29 is 5.11 Å². The Morgan fingerprint density at radius 2 is 2.30 bits per heavy atom. The van der Waals surface area contributed by atoms with Gasteiger partial charge in [-0.3, -0.25) is 4.68 Å². The van der Waals surface area contributed by atoms with Crippen LogP contribution in [0.1, 0.15) is 49.4 Å². The smallest absolute Gasteiger partial charge is 0.0644 e. The van der Waals surface area contributed by atoms with Crippen LogP contribution in [0.5, 0.6) is 0 Å². The maximum Gasteiger partial charge on any atom is 0.0644 e. The number of hydrogen-bond acceptors (Lipinski definition) is 3. The Hall–Kier alpha value is -1.13. The molecular weight excluding hydrogens is 250 g/mol. The first-order chi connectivity index (χ1) is 9.88. The van der Waals surface area contributed by atoms with Gasteiger partial charge in [0.15, 0.2) is 0 Å². The van der Waals surface area contributed by atoms with E-state index in [1.54, 1.807) is 0 Å². The van der Waals surface area contributed by atoms with Crippen molar-refractivity contribution >= 4 is 0 Å². The van der Waals surface area contributed by atoms with Crippen LogP contribution in [-0.4, -0.2) is 28.0 Å². The minimum Gasteiger partial charge on any atom is -0.394 e. The van der Waals surface area contributed by atoms with Gasteiger partial charge in [0.1, 0.15) is 0 Å². The first-order valence-corrected chi connectivity index (χ1v) is 7.92. The Morgan fingerprint density at radius 1 is 1.35 bits per heavy atom. The fourth-order valence-corrected chi connectivity index (χ4v) is 3.47. The van der Waals surface area contributed by atoms with Crippen molar-refractivity contribution in [1.29, 1.82) is 0 Å². The number of nitrogens with zero attached hydrogens (tertiary/aromatic N) is 2. The van der Waals surface area contributed by atoms with Gasteiger partial charge in [-0.25, -0.2) is 0 Å². The number of nitrogens with one attached hydrogen (secondary N) is 1. The van der Waals surface area contributed by atoms with Gasteiger partial charge in [0.25, 0.3) is 0 Å². The van der Waals surface area contributed by atoms with Crippen molar-refractivity contribution in [3.8, 4) is 0 Å². The Balaban J connectivity index is 1.62. The van der Waals surface area contributed by atoms with Gasteiger partial charge in [0.05, 0.1) is 19.3 Å². The summed E-state index contributed by atoms with van der Waals surface area (Å²) in [5.74, 6) is 0.790. The van der Waals surface area contributed by atoms with Gasteiger partial charge in [0.2, 0.25) is 0 Å². The third-order valence-electron chi connectivity index (χ3n) is 4.61. The van der Waals surface area contributed by atoms with E-state index in [2.05, 4.69) is 22.6 Å². The van der Waals surface area contributed by atoms with E-state index in [0.29, 0.717) is 12.6 Å². The molecule has 3 rings (SSSR count). The zero-order valence-corrected chi connectivity index (χ0v) is 12.1. The summed E-state index contributed by atoms with van der Waals surface area (Å²) in [6.45, 7) is 1.90. The van der Waals surface area contributed by atoms with Gasteiger partial charge in [-0.1, -0.05) is 12.2 Å². The summed E-state index contributed by atoms with van der Waals surface area (Å²) in [7, 11) is 0. The first kappa shape index (κ1) is 13.8. The average Bonchev–Trinajstić information content (AvgIpc) is 2.91. The maximum atomic E-state index is 9.10. The summed E-state index contributed by atoms with van der Waals surface area (Å²) in [5, 5.41) is 17.3. The lowest BCUT2D eigenvalue weighted by Crippen LogP contribution is -2.30. The minimum absolute atomic E-state index is 0.167. The van der Waals surface area contributed by atoms with Gasteiger partial charge >= 0.3 is 0 Å². The van der Waals surface area contributed by atoms with Gasteiger partial charge in [-0.05, 0) is 51.0 Å². The number of aliphatic hydroxyl groups is 1. The number of aliphatic hydroxyl groups excluding tert-OH is 1. The molecule has 4 heteroatoms. The lowest BCUT2D eigenvalue weighted by Gasteiger charge is -2.27. The van der Waals surface area contributed by atoms with Crippen LogP contribution in [-0.2, 0) is 13.0 Å². The van der Waals surface area contributed by atoms with E-state index in [9.17, 15) is 0 Å². The van der Waals surface area contributed by atoms with Gasteiger partial charge in [-0.15, -0.1) is 0 Å². The number of fused-ring (bicyclic) bond motifs is 1. The molecule has 0 bridgehead atoms. The Labute approximate surface area is 120 Å². The zero-order valence-electron chi connectivity index (χ0n) is 12.1. The zero-order chi connectivity index (χ0) is 13.8. The van der Waals surface area contributed by atoms with Crippen LogP contribution >= 0.6 is 0 Å². The van der Waals surface area contributed by atoms with Crippen LogP contribution in [0, 0.1) is 5.92 Å². The standard InChI is InChI=1S/C16H25N3O/c20-10-9-19-16-8-4-7-15(14(16)12-18-19)17-11-13-5-2-1-3-6-13/h1-2,12-13,15,17,20H,3-11H2. The summed E-state index contributed by atoms with van der Waals surface area (Å²) in [5.41, 5.74) is 2.68. The fraction of sp³-hybridized carbons (Fsp3) is 0.688. The Kier molecular flexibility index (Phi) is 4.53. The number of allylic oxidation sites excluding steroid dienone is 2. The molecule has 2 aliphatic carbocycles. The second kappa shape index (κ2) is 6.55. The monoisotopic (exact) mass is 275 g/mol. The lowest BCUT2D eigenvalue weighted by atomic mass is 9.90. The van der Waals surface area contributed by atoms with Crippen LogP contribution in [0.3, 0.4) is 0 Å². The molecule has 0 spiro atoms. The van der Waals surface area contributed by atoms with Crippen molar-refractivity contribution in [1.82, 2.24) is 15.1 Å². The summed E-state index contributed by atoms with van der Waals surface area (Å²) in [6, 6.07) is 0.456. The normalized spacial score (nSPS) is 25.6. The quantitative estimate of drug-likeness (QED) is 0.810. The molecule has 0 saturated heterocycles. The lowest BCUT2D eigenvalue weighted by molar-refractivity contribution is 0.266. The number of rotatable bonds is 5. The van der Waals surface area contributed by atoms with E-state index in [0.717, 1.165) is 18.9 Å². The predicted molar refractivity (Wildman–Crippen MR) is 79.5 cm³/mol. The molecule has 0 amide bonds. The summed E-state index contributed by atoms with van der Waals surface area (Å²) in [4.78, 5) is 0. The highest BCUT2D eigenvalue weighted by molar-refractivity contribution is 5.25. The van der Waals surface area contributed by atoms with E-state index in [1.807, 2.05) is 10.9 Å². The van der Waals surface area contributed by atoms with Crippen molar-refractivity contribution in [3.05, 3.63) is 29.6 Å². The van der Waals surface area contributed by atoms with E-state index in [-0.39, 0.29) is 6.61 Å². The molecule has 1 heterocycles. The van der Waals surface area contributed by atoms with Crippen molar-refractivity contribution in [2.24, 2.45) is 5.92 Å². The fourth-order valence-electron chi connectivity index (χ4n) is 3.47. The van der Waals surface area contributed by atoms with Gasteiger partial charge in [-0.2, -0.15) is 5.10 Å². The van der Waals surface area contributed by atoms with E-state index >= 15 is 0 Å². The average molecular weight is 275 g/mol. The molecule has 0 fully saturated rings. The molecule has 1 aromatic rings. The number of hydrogen-bond donors (Lipinski definition) is 2. The SMILES string of the molecule is OCCn1ncc2c1CCCC2NCC1CC=CCC1. The summed E-state index contributed by atoms with van der Waals surface area (Å²) < 4.78 is 1.98. The van der Waals surface area contributed by atoms with Crippen molar-refractivity contribution in [2.45, 2.75) is 51.1 Å². The summed E-state index contributed by atoms with van der Waals surface area (Å²) >= 11 is 0. The predicted octanol–water partition coefficient (Wildman–Crippen LogP) is 2.20. The van der Waals surface area contributed by atoms with Crippen molar-refractivity contribution in [3.63, 3.8) is 0 Å². The third kappa shape index (κ3) is 2.96. The highest BCUT2D eigenvalue weighted by Crippen LogP contribution is 2.30. The maximum absolute atomic E-state index is 9.10. The molecule has 4 nitrogen and oxygen atoms in total. The Morgan fingerprint density at radius 3 is 3.10 bits per heavy atom. The molecule has 2 N–H and O–H groups in total. The van der Waals surface area contributed by atoms with Crippen LogP contribution < -0.4 is 5.32 Å². The minimum atomic E-state index is 0.167. The number of aromatic nitrogens is 2. The van der Waals surface area contributed by atoms with Crippen LogP contribution in [0.2, 0.25) is 0 Å². The highest BCUT2D eigenvalue weighted by Gasteiger charge is 2.24. The molecule has 20 heavy (non-hydrogen) atoms. The second-order valence-electron chi connectivity index (χ2n) is 6.00. The van der Waals surface area contributed by atoms with Crippen LogP contribution in [0.15, 0.2) is 18.3 Å². The Bertz CT molecular complexity index is 466.